The molecule has 1 spiro atoms. The lowest BCUT2D eigenvalue weighted by Gasteiger charge is -2.28. The van der Waals surface area contributed by atoms with Crippen LogP contribution in [0.15, 0.2) is 4.99 Å². The number of nitrogens with two attached hydrogens (primary N) is 1. The average Bonchev–Trinajstić information content (AvgIpc) is 2.69. The summed E-state index contributed by atoms with van der Waals surface area (Å²) in [5.41, 5.74) is 3.15. The van der Waals surface area contributed by atoms with E-state index >= 15 is 0 Å². The molecule has 94 valence electrons. The zero-order valence-corrected chi connectivity index (χ0v) is 10.4. The van der Waals surface area contributed by atoms with Crippen LogP contribution in [0.5, 0.6) is 0 Å². The van der Waals surface area contributed by atoms with E-state index in [0.717, 1.165) is 0 Å². The number of ether oxygens (including phenoxy) is 2. The summed E-state index contributed by atoms with van der Waals surface area (Å²) in [6.45, 7) is 4.54. The van der Waals surface area contributed by atoms with Gasteiger partial charge in [0.25, 0.3) is 5.91 Å². The predicted octanol–water partition coefficient (Wildman–Crippen LogP) is 0.508. The molecule has 18 heavy (non-hydrogen) atoms. The minimum absolute atomic E-state index is 0.165. The number of hydrogen-bond donors (Lipinski definition) is 1. The van der Waals surface area contributed by atoms with Crippen LogP contribution in [-0.2, 0) is 9.47 Å². The van der Waals surface area contributed by atoms with Gasteiger partial charge in [0.1, 0.15) is 11.3 Å². The third-order valence-corrected chi connectivity index (χ3v) is 5.00. The van der Waals surface area contributed by atoms with Crippen molar-refractivity contribution in [1.82, 2.24) is 0 Å². The van der Waals surface area contributed by atoms with Crippen molar-refractivity contribution in [2.45, 2.75) is 26.2 Å². The van der Waals surface area contributed by atoms with Gasteiger partial charge < -0.3 is 15.2 Å². The van der Waals surface area contributed by atoms with Crippen molar-refractivity contribution in [2.24, 2.45) is 27.0 Å². The van der Waals surface area contributed by atoms with E-state index in [1.807, 2.05) is 13.8 Å². The molecule has 0 aromatic heterocycles. The van der Waals surface area contributed by atoms with Gasteiger partial charge in [0.2, 0.25) is 0 Å². The summed E-state index contributed by atoms with van der Waals surface area (Å²) in [5.74, 6) is -1.22. The summed E-state index contributed by atoms with van der Waals surface area (Å²) in [7, 11) is 0. The summed E-state index contributed by atoms with van der Waals surface area (Å²) in [6.07, 6.45) is 0.638. The lowest BCUT2D eigenvalue weighted by Crippen LogP contribution is -2.40. The standard InChI is InChI=1S/C12H14N4O2/c1-3-9(2)10(6-13)8(15)16-12(11(9,10)7-14)17-4-5-18-12/h3-5H2,1-2H3,(H2,15,16)/t9-,10+,11-/m1/s1. The van der Waals surface area contributed by atoms with Gasteiger partial charge in [0.15, 0.2) is 5.41 Å². The molecule has 1 saturated heterocycles. The van der Waals surface area contributed by atoms with Gasteiger partial charge in [-0.15, -0.1) is 0 Å². The SMILES string of the molecule is CC[C@]1(C)[C@]2(C#N)C(N)=NC3(OCCO3)[C@]12C#N. The van der Waals surface area contributed by atoms with Gasteiger partial charge in [-0.05, 0) is 6.42 Å². The fourth-order valence-electron chi connectivity index (χ4n) is 3.93. The van der Waals surface area contributed by atoms with Crippen molar-refractivity contribution >= 4 is 5.84 Å². The molecular weight excluding hydrogens is 232 g/mol. The van der Waals surface area contributed by atoms with Crippen LogP contribution in [-0.4, -0.2) is 25.0 Å². The van der Waals surface area contributed by atoms with E-state index in [1.54, 1.807) is 0 Å². The first-order valence-electron chi connectivity index (χ1n) is 5.98. The Hall–Kier alpha value is -1.63. The molecule has 2 fully saturated rings. The number of nitriles is 2. The molecule has 3 atom stereocenters. The van der Waals surface area contributed by atoms with E-state index < -0.39 is 22.2 Å². The molecule has 2 aliphatic heterocycles. The first-order valence-corrected chi connectivity index (χ1v) is 5.98. The van der Waals surface area contributed by atoms with Gasteiger partial charge >= 0.3 is 0 Å². The highest BCUT2D eigenvalue weighted by atomic mass is 16.8. The smallest absolute Gasteiger partial charge is 0.293 e. The van der Waals surface area contributed by atoms with E-state index in [1.165, 1.54) is 0 Å². The summed E-state index contributed by atoms with van der Waals surface area (Å²) in [5, 5.41) is 19.3. The van der Waals surface area contributed by atoms with Gasteiger partial charge in [-0.3, -0.25) is 0 Å². The fraction of sp³-hybridized carbons (Fsp3) is 0.750. The van der Waals surface area contributed by atoms with Gasteiger partial charge in [0, 0.05) is 5.41 Å². The summed E-state index contributed by atoms with van der Waals surface area (Å²) in [6, 6.07) is 4.45. The van der Waals surface area contributed by atoms with E-state index in [-0.39, 0.29) is 5.84 Å². The Balaban J connectivity index is 2.28. The van der Waals surface area contributed by atoms with Crippen molar-refractivity contribution in [3.63, 3.8) is 0 Å². The Morgan fingerprint density at radius 3 is 2.33 bits per heavy atom. The number of aliphatic imine (C=N–C) groups is 1. The third kappa shape index (κ3) is 0.682. The quantitative estimate of drug-likeness (QED) is 0.725. The van der Waals surface area contributed by atoms with Crippen molar-refractivity contribution < 1.29 is 9.47 Å². The lowest BCUT2D eigenvalue weighted by atomic mass is 9.89. The monoisotopic (exact) mass is 246 g/mol. The minimum atomic E-state index is -1.38. The second-order valence-electron chi connectivity index (χ2n) is 5.19. The van der Waals surface area contributed by atoms with Crippen LogP contribution >= 0.6 is 0 Å². The maximum atomic E-state index is 9.68. The molecule has 0 radical (unpaired) electrons. The van der Waals surface area contributed by atoms with Crippen molar-refractivity contribution in [3.8, 4) is 12.1 Å². The Morgan fingerprint density at radius 2 is 1.94 bits per heavy atom. The van der Waals surface area contributed by atoms with Crippen molar-refractivity contribution in [1.29, 1.82) is 10.5 Å². The molecule has 0 aromatic carbocycles. The van der Waals surface area contributed by atoms with Gasteiger partial charge in [-0.25, -0.2) is 4.99 Å². The van der Waals surface area contributed by atoms with Crippen molar-refractivity contribution in [2.75, 3.05) is 13.2 Å². The third-order valence-electron chi connectivity index (χ3n) is 5.00. The maximum absolute atomic E-state index is 9.68. The molecule has 3 aliphatic rings. The average molecular weight is 246 g/mol. The molecule has 2 heterocycles. The number of hydrogen-bond acceptors (Lipinski definition) is 6. The van der Waals surface area contributed by atoms with E-state index in [0.29, 0.717) is 19.6 Å². The molecule has 2 N–H and O–H groups in total. The van der Waals surface area contributed by atoms with Gasteiger partial charge in [-0.2, -0.15) is 10.5 Å². The highest BCUT2D eigenvalue weighted by Crippen LogP contribution is 2.86. The van der Waals surface area contributed by atoms with Crippen molar-refractivity contribution in [3.05, 3.63) is 0 Å². The molecule has 0 aromatic rings. The van der Waals surface area contributed by atoms with Crippen LogP contribution in [0.2, 0.25) is 0 Å². The number of amidine groups is 1. The summed E-state index contributed by atoms with van der Waals surface area (Å²) >= 11 is 0. The Bertz CT molecular complexity index is 539. The fourth-order valence-corrected chi connectivity index (χ4v) is 3.93. The van der Waals surface area contributed by atoms with Crippen LogP contribution in [0.25, 0.3) is 0 Å². The Morgan fingerprint density at radius 1 is 1.33 bits per heavy atom. The molecule has 0 bridgehead atoms. The molecule has 0 amide bonds. The van der Waals surface area contributed by atoms with Gasteiger partial charge in [0.05, 0.1) is 25.4 Å². The van der Waals surface area contributed by atoms with Gasteiger partial charge in [-0.1, -0.05) is 13.8 Å². The number of nitrogens with zero attached hydrogens (tertiary/aromatic N) is 3. The van der Waals surface area contributed by atoms with E-state index in [9.17, 15) is 10.5 Å². The zero-order chi connectivity index (χ0) is 13.2. The Labute approximate surface area is 105 Å². The first kappa shape index (κ1) is 11.5. The molecular formula is C12H14N4O2. The number of rotatable bonds is 1. The second-order valence-corrected chi connectivity index (χ2v) is 5.19. The van der Waals surface area contributed by atoms with Crippen LogP contribution in [0.4, 0.5) is 0 Å². The van der Waals surface area contributed by atoms with Crippen LogP contribution in [0.1, 0.15) is 20.3 Å². The summed E-state index contributed by atoms with van der Waals surface area (Å²) < 4.78 is 11.2. The lowest BCUT2D eigenvalue weighted by molar-refractivity contribution is -0.191. The van der Waals surface area contributed by atoms with Crippen LogP contribution in [0.3, 0.4) is 0 Å². The zero-order valence-electron chi connectivity index (χ0n) is 10.4. The highest BCUT2D eigenvalue weighted by Gasteiger charge is 2.99. The minimum Gasteiger partial charge on any atom is -0.386 e. The Kier molecular flexibility index (Phi) is 1.81. The topological polar surface area (TPSA) is 104 Å². The normalized spacial score (nSPS) is 47.2. The molecule has 1 aliphatic carbocycles. The summed E-state index contributed by atoms with van der Waals surface area (Å²) in [4.78, 5) is 4.18. The maximum Gasteiger partial charge on any atom is 0.293 e. The highest BCUT2D eigenvalue weighted by molar-refractivity contribution is 6.00. The van der Waals surface area contributed by atoms with E-state index in [2.05, 4.69) is 17.1 Å². The molecule has 3 rings (SSSR count). The molecule has 6 heteroatoms. The van der Waals surface area contributed by atoms with Crippen LogP contribution < -0.4 is 5.73 Å². The first-order chi connectivity index (χ1) is 8.52. The number of fused-ring (bicyclic) bond motifs is 2. The molecule has 6 nitrogen and oxygen atoms in total. The molecule has 0 unspecified atom stereocenters. The largest absolute Gasteiger partial charge is 0.386 e. The molecule has 1 saturated carbocycles. The second kappa shape index (κ2) is 2.85. The predicted molar refractivity (Wildman–Crippen MR) is 60.7 cm³/mol. The van der Waals surface area contributed by atoms with E-state index in [4.69, 9.17) is 15.2 Å². The van der Waals surface area contributed by atoms with Crippen LogP contribution in [0, 0.1) is 38.9 Å².